The number of fused-ring (bicyclic) bond motifs is 1. The summed E-state index contributed by atoms with van der Waals surface area (Å²) in [5.74, 6) is 0.825. The van der Waals surface area contributed by atoms with Crippen molar-refractivity contribution in [2.75, 3.05) is 0 Å². The highest BCUT2D eigenvalue weighted by molar-refractivity contribution is 5.80. The summed E-state index contributed by atoms with van der Waals surface area (Å²) in [5, 5.41) is 1.24. The average Bonchev–Trinajstić information content (AvgIpc) is 2.91. The fourth-order valence-corrected chi connectivity index (χ4v) is 2.51. The van der Waals surface area contributed by atoms with E-state index in [1.165, 1.54) is 16.5 Å². The molecular weight excluding hydrogens is 260 g/mol. The van der Waals surface area contributed by atoms with Crippen molar-refractivity contribution < 1.29 is 0 Å². The molecule has 21 heavy (non-hydrogen) atoms. The minimum atomic E-state index is 0.225. The third-order valence-corrected chi connectivity index (χ3v) is 3.79. The molecule has 0 bridgehead atoms. The van der Waals surface area contributed by atoms with Gasteiger partial charge in [0.25, 0.3) is 0 Å². The lowest BCUT2D eigenvalue weighted by molar-refractivity contribution is 0.646. The molecule has 2 N–H and O–H groups in total. The van der Waals surface area contributed by atoms with Crippen molar-refractivity contribution in [3.63, 3.8) is 0 Å². The zero-order valence-corrected chi connectivity index (χ0v) is 12.2. The monoisotopic (exact) mass is 280 g/mol. The van der Waals surface area contributed by atoms with E-state index in [0.717, 1.165) is 18.7 Å². The van der Waals surface area contributed by atoms with Gasteiger partial charge in [0, 0.05) is 30.1 Å². The molecule has 0 saturated carbocycles. The van der Waals surface area contributed by atoms with Gasteiger partial charge in [-0.2, -0.15) is 0 Å². The molecule has 4 heteroatoms. The van der Waals surface area contributed by atoms with Gasteiger partial charge in [-0.15, -0.1) is 0 Å². The predicted octanol–water partition coefficient (Wildman–Crippen LogP) is 2.76. The van der Waals surface area contributed by atoms with E-state index in [9.17, 15) is 0 Å². The molecule has 4 nitrogen and oxygen atoms in total. The summed E-state index contributed by atoms with van der Waals surface area (Å²) in [6, 6.07) is 10.7. The third-order valence-electron chi connectivity index (χ3n) is 3.79. The van der Waals surface area contributed by atoms with Crippen molar-refractivity contribution in [3.05, 3.63) is 60.3 Å². The van der Waals surface area contributed by atoms with Gasteiger partial charge in [-0.05, 0) is 42.0 Å². The number of hydrogen-bond donors (Lipinski definition) is 1. The van der Waals surface area contributed by atoms with Crippen molar-refractivity contribution in [1.29, 1.82) is 0 Å². The van der Waals surface area contributed by atoms with Gasteiger partial charge in [0.2, 0.25) is 0 Å². The third kappa shape index (κ3) is 3.11. The van der Waals surface area contributed by atoms with Crippen LogP contribution >= 0.6 is 0 Å². The van der Waals surface area contributed by atoms with Crippen LogP contribution in [0.5, 0.6) is 0 Å². The van der Waals surface area contributed by atoms with Crippen molar-refractivity contribution >= 4 is 10.9 Å². The second-order valence-electron chi connectivity index (χ2n) is 5.37. The fourth-order valence-electron chi connectivity index (χ4n) is 2.51. The molecule has 108 valence electrons. The molecule has 0 spiro atoms. The molecule has 0 saturated heterocycles. The van der Waals surface area contributed by atoms with E-state index in [-0.39, 0.29) is 6.04 Å². The fraction of sp³-hybridized carbons (Fsp3) is 0.294. The lowest BCUT2D eigenvalue weighted by Crippen LogP contribution is -2.21. The number of hydrogen-bond acceptors (Lipinski definition) is 3. The van der Waals surface area contributed by atoms with Crippen LogP contribution in [0.2, 0.25) is 0 Å². The number of benzene rings is 1. The van der Waals surface area contributed by atoms with E-state index in [1.807, 2.05) is 6.07 Å². The molecular formula is C17H20N4. The summed E-state index contributed by atoms with van der Waals surface area (Å²) < 4.78 is 2.19. The summed E-state index contributed by atoms with van der Waals surface area (Å²) in [7, 11) is 0. The van der Waals surface area contributed by atoms with Crippen LogP contribution in [0.15, 0.2) is 48.9 Å². The van der Waals surface area contributed by atoms with E-state index in [4.69, 9.17) is 5.73 Å². The number of nitrogens with two attached hydrogens (primary N) is 1. The molecule has 0 aliphatic rings. The minimum absolute atomic E-state index is 0.225. The van der Waals surface area contributed by atoms with Gasteiger partial charge in [-0.1, -0.05) is 19.1 Å². The molecule has 0 amide bonds. The molecule has 0 radical (unpaired) electrons. The first-order chi connectivity index (χ1) is 10.3. The Hall–Kier alpha value is -2.20. The molecule has 1 unspecified atom stereocenters. The second-order valence-corrected chi connectivity index (χ2v) is 5.37. The van der Waals surface area contributed by atoms with Gasteiger partial charge in [0.1, 0.15) is 5.82 Å². The van der Waals surface area contributed by atoms with Crippen LogP contribution in [0, 0.1) is 0 Å². The largest absolute Gasteiger partial charge is 0.340 e. The first kappa shape index (κ1) is 13.8. The van der Waals surface area contributed by atoms with Crippen LogP contribution < -0.4 is 5.73 Å². The first-order valence-corrected chi connectivity index (χ1v) is 7.35. The average molecular weight is 280 g/mol. The van der Waals surface area contributed by atoms with Crippen LogP contribution in [-0.2, 0) is 13.0 Å². The van der Waals surface area contributed by atoms with Crippen LogP contribution in [-0.4, -0.2) is 20.6 Å². The highest BCUT2D eigenvalue weighted by Crippen LogP contribution is 2.19. The summed E-state index contributed by atoms with van der Waals surface area (Å²) in [5.41, 5.74) is 8.55. The molecule has 1 atom stereocenters. The lowest BCUT2D eigenvalue weighted by atomic mass is 10.0. The normalized spacial score (nSPS) is 12.7. The molecule has 2 aromatic heterocycles. The molecule has 1 aromatic carbocycles. The molecule has 3 rings (SSSR count). The van der Waals surface area contributed by atoms with Gasteiger partial charge in [0.05, 0.1) is 6.54 Å². The van der Waals surface area contributed by atoms with Gasteiger partial charge < -0.3 is 10.3 Å². The van der Waals surface area contributed by atoms with E-state index in [0.29, 0.717) is 6.54 Å². The number of rotatable bonds is 5. The maximum Gasteiger partial charge on any atom is 0.147 e. The van der Waals surface area contributed by atoms with E-state index in [2.05, 4.69) is 51.9 Å². The van der Waals surface area contributed by atoms with E-state index in [1.54, 1.807) is 12.4 Å². The molecule has 0 fully saturated rings. The standard InChI is InChI=1S/C17H20N4/c1-2-15(18)10-13-4-5-14-6-9-21(16(14)11-13)12-17-19-7-3-8-20-17/h3-9,11,15H,2,10,12,18H2,1H3. The summed E-state index contributed by atoms with van der Waals surface area (Å²) in [6.07, 6.45) is 7.56. The summed E-state index contributed by atoms with van der Waals surface area (Å²) >= 11 is 0. The Morgan fingerprint density at radius 2 is 2.00 bits per heavy atom. The lowest BCUT2D eigenvalue weighted by Gasteiger charge is -2.10. The van der Waals surface area contributed by atoms with E-state index >= 15 is 0 Å². The number of nitrogens with zero attached hydrogens (tertiary/aromatic N) is 3. The SMILES string of the molecule is CCC(N)Cc1ccc2ccn(Cc3ncccn3)c2c1. The Kier molecular flexibility index (Phi) is 3.97. The maximum absolute atomic E-state index is 6.06. The van der Waals surface area contributed by atoms with Crippen LogP contribution in [0.3, 0.4) is 0 Å². The van der Waals surface area contributed by atoms with Gasteiger partial charge >= 0.3 is 0 Å². The minimum Gasteiger partial charge on any atom is -0.340 e. The Morgan fingerprint density at radius 3 is 2.76 bits per heavy atom. The Morgan fingerprint density at radius 1 is 1.19 bits per heavy atom. The van der Waals surface area contributed by atoms with Crippen molar-refractivity contribution in [1.82, 2.24) is 14.5 Å². The summed E-state index contributed by atoms with van der Waals surface area (Å²) in [6.45, 7) is 2.81. The van der Waals surface area contributed by atoms with Gasteiger partial charge in [-0.25, -0.2) is 9.97 Å². The zero-order valence-electron chi connectivity index (χ0n) is 12.2. The van der Waals surface area contributed by atoms with Crippen LogP contribution in [0.4, 0.5) is 0 Å². The Balaban J connectivity index is 1.90. The topological polar surface area (TPSA) is 56.7 Å². The second kappa shape index (κ2) is 6.06. The van der Waals surface area contributed by atoms with Gasteiger partial charge in [-0.3, -0.25) is 0 Å². The summed E-state index contributed by atoms with van der Waals surface area (Å²) in [4.78, 5) is 8.59. The molecule has 3 aromatic rings. The number of aromatic nitrogens is 3. The van der Waals surface area contributed by atoms with E-state index < -0.39 is 0 Å². The molecule has 0 aliphatic carbocycles. The van der Waals surface area contributed by atoms with Gasteiger partial charge in [0.15, 0.2) is 0 Å². The highest BCUT2D eigenvalue weighted by Gasteiger charge is 2.06. The molecule has 0 aliphatic heterocycles. The maximum atomic E-state index is 6.06. The Labute approximate surface area is 124 Å². The van der Waals surface area contributed by atoms with Crippen LogP contribution in [0.1, 0.15) is 24.7 Å². The zero-order chi connectivity index (χ0) is 14.7. The quantitative estimate of drug-likeness (QED) is 0.782. The predicted molar refractivity (Wildman–Crippen MR) is 85.0 cm³/mol. The van der Waals surface area contributed by atoms with Crippen LogP contribution in [0.25, 0.3) is 10.9 Å². The first-order valence-electron chi connectivity index (χ1n) is 7.35. The van der Waals surface area contributed by atoms with Crippen molar-refractivity contribution in [2.24, 2.45) is 5.73 Å². The van der Waals surface area contributed by atoms with Crippen molar-refractivity contribution in [3.8, 4) is 0 Å². The smallest absolute Gasteiger partial charge is 0.147 e. The van der Waals surface area contributed by atoms with Crippen molar-refractivity contribution in [2.45, 2.75) is 32.4 Å². The Bertz CT molecular complexity index is 718. The molecule has 2 heterocycles. The highest BCUT2D eigenvalue weighted by atomic mass is 15.0.